The second kappa shape index (κ2) is 6.93. The van der Waals surface area contributed by atoms with Crippen molar-refractivity contribution >= 4 is 23.6 Å². The molecule has 2 rings (SSSR count). The van der Waals surface area contributed by atoms with Gasteiger partial charge in [0.1, 0.15) is 5.82 Å². The molecule has 21 heavy (non-hydrogen) atoms. The van der Waals surface area contributed by atoms with Crippen LogP contribution in [0, 0.1) is 17.7 Å². The molecule has 114 valence electrons. The third kappa shape index (κ3) is 3.97. The smallest absolute Gasteiger partial charge is 0.308 e. The van der Waals surface area contributed by atoms with Crippen LogP contribution in [0.5, 0.6) is 0 Å². The van der Waals surface area contributed by atoms with Gasteiger partial charge in [-0.15, -0.1) is 11.8 Å². The zero-order chi connectivity index (χ0) is 15.4. The Hall–Kier alpha value is -1.56. The molecule has 2 unspecified atom stereocenters. The Morgan fingerprint density at radius 3 is 2.71 bits per heavy atom. The van der Waals surface area contributed by atoms with Gasteiger partial charge in [-0.05, 0) is 18.1 Å². The van der Waals surface area contributed by atoms with Gasteiger partial charge in [0.15, 0.2) is 0 Å². The van der Waals surface area contributed by atoms with Gasteiger partial charge < -0.3 is 10.0 Å². The Kier molecular flexibility index (Phi) is 5.22. The molecule has 1 N–H and O–H groups in total. The zero-order valence-electron chi connectivity index (χ0n) is 11.8. The largest absolute Gasteiger partial charge is 0.481 e. The van der Waals surface area contributed by atoms with E-state index in [0.717, 1.165) is 0 Å². The van der Waals surface area contributed by atoms with E-state index in [2.05, 4.69) is 0 Å². The molecule has 0 bridgehead atoms. The van der Waals surface area contributed by atoms with E-state index in [9.17, 15) is 14.0 Å². The Morgan fingerprint density at radius 1 is 1.38 bits per heavy atom. The van der Waals surface area contributed by atoms with Crippen LogP contribution in [0.3, 0.4) is 0 Å². The lowest BCUT2D eigenvalue weighted by Gasteiger charge is -2.15. The molecule has 1 aromatic rings. The lowest BCUT2D eigenvalue weighted by Crippen LogP contribution is -2.30. The monoisotopic (exact) mass is 311 g/mol. The molecule has 0 radical (unpaired) electrons. The van der Waals surface area contributed by atoms with Crippen molar-refractivity contribution in [3.63, 3.8) is 0 Å². The summed E-state index contributed by atoms with van der Waals surface area (Å²) < 4.78 is 13.4. The maximum absolute atomic E-state index is 13.4. The predicted molar refractivity (Wildman–Crippen MR) is 78.6 cm³/mol. The van der Waals surface area contributed by atoms with Crippen LogP contribution in [0.15, 0.2) is 29.2 Å². The average Bonchev–Trinajstić information content (AvgIpc) is 2.83. The summed E-state index contributed by atoms with van der Waals surface area (Å²) in [5.74, 6) is -1.20. The van der Waals surface area contributed by atoms with Crippen molar-refractivity contribution in [3.05, 3.63) is 30.1 Å². The molecular formula is C15H18FNO3S. The van der Waals surface area contributed by atoms with Crippen LogP contribution < -0.4 is 0 Å². The van der Waals surface area contributed by atoms with Crippen molar-refractivity contribution in [2.24, 2.45) is 11.8 Å². The number of aliphatic carboxylic acids is 1. The number of carbonyl (C=O) groups is 2. The molecule has 1 heterocycles. The Morgan fingerprint density at radius 2 is 2.10 bits per heavy atom. The number of nitrogens with zero attached hydrogens (tertiary/aromatic N) is 1. The first-order valence-corrected chi connectivity index (χ1v) is 7.85. The fourth-order valence-electron chi connectivity index (χ4n) is 2.46. The van der Waals surface area contributed by atoms with Gasteiger partial charge in [-0.25, -0.2) is 4.39 Å². The van der Waals surface area contributed by atoms with E-state index < -0.39 is 11.9 Å². The minimum absolute atomic E-state index is 0.0225. The number of carboxylic acids is 1. The number of carboxylic acid groups (broad SMARTS) is 1. The Balaban J connectivity index is 1.81. The first-order chi connectivity index (χ1) is 9.99. The highest BCUT2D eigenvalue weighted by Crippen LogP contribution is 2.25. The van der Waals surface area contributed by atoms with E-state index in [1.54, 1.807) is 23.1 Å². The molecular weight excluding hydrogens is 293 g/mol. The van der Waals surface area contributed by atoms with E-state index in [1.807, 2.05) is 6.92 Å². The third-order valence-electron chi connectivity index (χ3n) is 3.69. The summed E-state index contributed by atoms with van der Waals surface area (Å²) in [5.41, 5.74) is 0. The lowest BCUT2D eigenvalue weighted by atomic mass is 9.99. The highest BCUT2D eigenvalue weighted by Gasteiger charge is 2.36. The highest BCUT2D eigenvalue weighted by molar-refractivity contribution is 7.99. The maximum atomic E-state index is 13.4. The number of likely N-dealkylation sites (tertiary alicyclic amines) is 1. The molecule has 1 aliphatic rings. The number of halogens is 1. The van der Waals surface area contributed by atoms with Crippen LogP contribution in [-0.2, 0) is 9.59 Å². The van der Waals surface area contributed by atoms with Crippen molar-refractivity contribution in [2.75, 3.05) is 18.8 Å². The summed E-state index contributed by atoms with van der Waals surface area (Å²) in [5, 5.41) is 9.05. The Bertz CT molecular complexity index is 537. The van der Waals surface area contributed by atoms with E-state index in [1.165, 1.54) is 17.8 Å². The van der Waals surface area contributed by atoms with Gasteiger partial charge in [0, 0.05) is 30.2 Å². The molecule has 1 aliphatic heterocycles. The fourth-order valence-corrected chi connectivity index (χ4v) is 3.34. The van der Waals surface area contributed by atoms with Gasteiger partial charge in [-0.3, -0.25) is 9.59 Å². The standard InChI is InChI=1S/C15H18FNO3S/c1-10-8-17(9-11(10)15(19)20)14(18)6-7-21-13-5-3-2-4-12(13)16/h2-5,10-11H,6-9H2,1H3,(H,19,20). The molecule has 1 aromatic carbocycles. The van der Waals surface area contributed by atoms with Crippen molar-refractivity contribution in [2.45, 2.75) is 18.2 Å². The molecule has 2 atom stereocenters. The van der Waals surface area contributed by atoms with Crippen LogP contribution in [0.1, 0.15) is 13.3 Å². The van der Waals surface area contributed by atoms with Crippen LogP contribution in [0.4, 0.5) is 4.39 Å². The fraction of sp³-hybridized carbons (Fsp3) is 0.467. The number of rotatable bonds is 5. The second-order valence-corrected chi connectivity index (χ2v) is 6.39. The average molecular weight is 311 g/mol. The molecule has 0 spiro atoms. The van der Waals surface area contributed by atoms with E-state index in [-0.39, 0.29) is 30.6 Å². The van der Waals surface area contributed by atoms with Crippen molar-refractivity contribution in [1.82, 2.24) is 4.90 Å². The first-order valence-electron chi connectivity index (χ1n) is 6.87. The van der Waals surface area contributed by atoms with Crippen LogP contribution >= 0.6 is 11.8 Å². The SMILES string of the molecule is CC1CN(C(=O)CCSc2ccccc2F)CC1C(=O)O. The van der Waals surface area contributed by atoms with Crippen LogP contribution in [0.2, 0.25) is 0 Å². The van der Waals surface area contributed by atoms with Crippen molar-refractivity contribution in [1.29, 1.82) is 0 Å². The molecule has 1 fully saturated rings. The van der Waals surface area contributed by atoms with Gasteiger partial charge in [0.2, 0.25) is 5.91 Å². The number of hydrogen-bond acceptors (Lipinski definition) is 3. The summed E-state index contributed by atoms with van der Waals surface area (Å²) in [6.45, 7) is 2.61. The topological polar surface area (TPSA) is 57.6 Å². The first kappa shape index (κ1) is 15.8. The summed E-state index contributed by atoms with van der Waals surface area (Å²) in [6.07, 6.45) is 0.290. The third-order valence-corrected chi connectivity index (χ3v) is 4.74. The molecule has 0 aliphatic carbocycles. The quantitative estimate of drug-likeness (QED) is 0.849. The van der Waals surface area contributed by atoms with Crippen LogP contribution in [-0.4, -0.2) is 40.7 Å². The number of hydrogen-bond donors (Lipinski definition) is 1. The molecule has 4 nitrogen and oxygen atoms in total. The zero-order valence-corrected chi connectivity index (χ0v) is 12.6. The summed E-state index contributed by atoms with van der Waals surface area (Å²) in [6, 6.07) is 6.46. The number of carbonyl (C=O) groups excluding carboxylic acids is 1. The van der Waals surface area contributed by atoms with Crippen molar-refractivity contribution in [3.8, 4) is 0 Å². The number of benzene rings is 1. The summed E-state index contributed by atoms with van der Waals surface area (Å²) in [4.78, 5) is 25.2. The molecule has 1 amide bonds. The van der Waals surface area contributed by atoms with Gasteiger partial charge in [0.05, 0.1) is 5.92 Å². The summed E-state index contributed by atoms with van der Waals surface area (Å²) in [7, 11) is 0. The van der Waals surface area contributed by atoms with Crippen molar-refractivity contribution < 1.29 is 19.1 Å². The van der Waals surface area contributed by atoms with Gasteiger partial charge in [0.25, 0.3) is 0 Å². The minimum Gasteiger partial charge on any atom is -0.481 e. The van der Waals surface area contributed by atoms with Gasteiger partial charge >= 0.3 is 5.97 Å². The number of thioether (sulfide) groups is 1. The maximum Gasteiger partial charge on any atom is 0.308 e. The summed E-state index contributed by atoms with van der Waals surface area (Å²) >= 11 is 1.30. The van der Waals surface area contributed by atoms with Crippen LogP contribution in [0.25, 0.3) is 0 Å². The van der Waals surface area contributed by atoms with Gasteiger partial charge in [-0.2, -0.15) is 0 Å². The lowest BCUT2D eigenvalue weighted by molar-refractivity contribution is -0.142. The second-order valence-electron chi connectivity index (χ2n) is 5.25. The molecule has 6 heteroatoms. The van der Waals surface area contributed by atoms with E-state index in [0.29, 0.717) is 17.2 Å². The van der Waals surface area contributed by atoms with Gasteiger partial charge in [-0.1, -0.05) is 19.1 Å². The molecule has 0 aromatic heterocycles. The Labute approximate surface area is 127 Å². The minimum atomic E-state index is -0.849. The highest BCUT2D eigenvalue weighted by atomic mass is 32.2. The van der Waals surface area contributed by atoms with E-state index >= 15 is 0 Å². The number of amides is 1. The normalized spacial score (nSPS) is 21.5. The predicted octanol–water partition coefficient (Wildman–Crippen LogP) is 2.49. The molecule has 1 saturated heterocycles. The van der Waals surface area contributed by atoms with E-state index in [4.69, 9.17) is 5.11 Å². The molecule has 0 saturated carbocycles.